The number of sulfonamides is 1. The van der Waals surface area contributed by atoms with Crippen molar-refractivity contribution in [2.75, 3.05) is 14.2 Å². The molecule has 1 atom stereocenters. The second-order valence-corrected chi connectivity index (χ2v) is 8.31. The predicted octanol–water partition coefficient (Wildman–Crippen LogP) is 3.02. The molecule has 0 aliphatic heterocycles. The highest BCUT2D eigenvalue weighted by Crippen LogP contribution is 2.24. The molecular formula is C21H23N3O5S. The zero-order chi connectivity index (χ0) is 21.9. The predicted molar refractivity (Wildman–Crippen MR) is 111 cm³/mol. The van der Waals surface area contributed by atoms with Crippen molar-refractivity contribution in [1.82, 2.24) is 14.5 Å². The molecular weight excluding hydrogens is 406 g/mol. The van der Waals surface area contributed by atoms with Crippen molar-refractivity contribution in [3.8, 4) is 11.4 Å². The van der Waals surface area contributed by atoms with Gasteiger partial charge in [-0.05, 0) is 50.2 Å². The summed E-state index contributed by atoms with van der Waals surface area (Å²) < 4.78 is 40.1. The standard InChI is InChI=1S/C21H23N3O5S/c1-14(23-30(26,27)20-8-6-5-7-18(20)21(25)29-4)19-13-22-24(15(19)2)16-9-11-17(28-3)12-10-16/h5-14,23H,1-4H3/t14-/m1/s1. The van der Waals surface area contributed by atoms with Gasteiger partial charge in [0.2, 0.25) is 10.0 Å². The Balaban J connectivity index is 1.89. The molecule has 0 aliphatic rings. The largest absolute Gasteiger partial charge is 0.497 e. The van der Waals surface area contributed by atoms with Crippen molar-refractivity contribution >= 4 is 16.0 Å². The molecule has 30 heavy (non-hydrogen) atoms. The van der Waals surface area contributed by atoms with Gasteiger partial charge in [-0.15, -0.1) is 0 Å². The van der Waals surface area contributed by atoms with Crippen LogP contribution >= 0.6 is 0 Å². The molecule has 0 bridgehead atoms. The van der Waals surface area contributed by atoms with E-state index in [9.17, 15) is 13.2 Å². The smallest absolute Gasteiger partial charge is 0.339 e. The van der Waals surface area contributed by atoms with Crippen molar-refractivity contribution in [3.05, 3.63) is 71.5 Å². The number of esters is 1. The number of nitrogens with zero attached hydrogens (tertiary/aromatic N) is 2. The Kier molecular flexibility index (Phi) is 6.23. The van der Waals surface area contributed by atoms with Gasteiger partial charge >= 0.3 is 5.97 Å². The van der Waals surface area contributed by atoms with Gasteiger partial charge in [0.25, 0.3) is 0 Å². The SMILES string of the molecule is COC(=O)c1ccccc1S(=O)(=O)N[C@H](C)c1cnn(-c2ccc(OC)cc2)c1C. The molecule has 0 aliphatic carbocycles. The average molecular weight is 429 g/mol. The highest BCUT2D eigenvalue weighted by molar-refractivity contribution is 7.89. The normalized spacial score (nSPS) is 12.4. The van der Waals surface area contributed by atoms with Crippen LogP contribution in [0.25, 0.3) is 5.69 Å². The van der Waals surface area contributed by atoms with Crippen LogP contribution in [0.4, 0.5) is 0 Å². The van der Waals surface area contributed by atoms with E-state index in [0.29, 0.717) is 5.56 Å². The maximum absolute atomic E-state index is 13.0. The van der Waals surface area contributed by atoms with Gasteiger partial charge in [-0.1, -0.05) is 12.1 Å². The molecule has 0 unspecified atom stereocenters. The lowest BCUT2D eigenvalue weighted by Crippen LogP contribution is -2.28. The molecule has 158 valence electrons. The molecule has 0 saturated heterocycles. The van der Waals surface area contributed by atoms with E-state index in [4.69, 9.17) is 9.47 Å². The Hall–Kier alpha value is -3.17. The van der Waals surface area contributed by atoms with Gasteiger partial charge in [-0.25, -0.2) is 22.6 Å². The second-order valence-electron chi connectivity index (χ2n) is 6.63. The minimum absolute atomic E-state index is 0.0228. The van der Waals surface area contributed by atoms with Crippen LogP contribution in [0.3, 0.4) is 0 Å². The Bertz CT molecular complexity index is 1150. The minimum atomic E-state index is -3.98. The van der Waals surface area contributed by atoms with Gasteiger partial charge in [0.1, 0.15) is 5.75 Å². The van der Waals surface area contributed by atoms with Gasteiger partial charge in [0, 0.05) is 17.3 Å². The fourth-order valence-corrected chi connectivity index (χ4v) is 4.59. The summed E-state index contributed by atoms with van der Waals surface area (Å²) >= 11 is 0. The van der Waals surface area contributed by atoms with Crippen LogP contribution in [0.5, 0.6) is 5.75 Å². The van der Waals surface area contributed by atoms with Crippen molar-refractivity contribution in [1.29, 1.82) is 0 Å². The summed E-state index contributed by atoms with van der Waals surface area (Å²) in [7, 11) is -1.18. The van der Waals surface area contributed by atoms with E-state index in [2.05, 4.69) is 9.82 Å². The van der Waals surface area contributed by atoms with Gasteiger partial charge < -0.3 is 9.47 Å². The topological polar surface area (TPSA) is 99.5 Å². The number of carbonyl (C=O) groups is 1. The first-order valence-corrected chi connectivity index (χ1v) is 10.7. The van der Waals surface area contributed by atoms with Crippen molar-refractivity contribution in [2.45, 2.75) is 24.8 Å². The molecule has 1 N–H and O–H groups in total. The summed E-state index contributed by atoms with van der Waals surface area (Å²) in [4.78, 5) is 11.8. The van der Waals surface area contributed by atoms with Gasteiger partial charge in [-0.3, -0.25) is 0 Å². The number of carbonyl (C=O) groups excluding carboxylic acids is 1. The molecule has 0 saturated carbocycles. The fraction of sp³-hybridized carbons (Fsp3) is 0.238. The van der Waals surface area contributed by atoms with E-state index in [-0.39, 0.29) is 10.5 Å². The average Bonchev–Trinajstić information content (AvgIpc) is 3.14. The van der Waals surface area contributed by atoms with Crippen LogP contribution in [-0.2, 0) is 14.8 Å². The summed E-state index contributed by atoms with van der Waals surface area (Å²) in [5.41, 5.74) is 2.30. The lowest BCUT2D eigenvalue weighted by Gasteiger charge is -2.16. The first-order valence-electron chi connectivity index (χ1n) is 9.17. The number of hydrogen-bond donors (Lipinski definition) is 1. The number of nitrogens with one attached hydrogen (secondary N) is 1. The van der Waals surface area contributed by atoms with Gasteiger partial charge in [0.15, 0.2) is 0 Å². The van der Waals surface area contributed by atoms with Crippen molar-refractivity contribution in [2.24, 2.45) is 0 Å². The first-order chi connectivity index (χ1) is 14.3. The zero-order valence-electron chi connectivity index (χ0n) is 17.1. The number of methoxy groups -OCH3 is 2. The minimum Gasteiger partial charge on any atom is -0.497 e. The molecule has 1 aromatic heterocycles. The number of ether oxygens (including phenoxy) is 2. The monoisotopic (exact) mass is 429 g/mol. The van der Waals surface area contributed by atoms with E-state index < -0.39 is 22.0 Å². The maximum atomic E-state index is 13.0. The summed E-state index contributed by atoms with van der Waals surface area (Å²) in [6, 6.07) is 12.7. The third-order valence-corrected chi connectivity index (χ3v) is 6.34. The lowest BCUT2D eigenvalue weighted by molar-refractivity contribution is 0.0596. The van der Waals surface area contributed by atoms with E-state index in [1.807, 2.05) is 31.2 Å². The number of benzene rings is 2. The Morgan fingerprint density at radius 1 is 1.10 bits per heavy atom. The molecule has 3 aromatic rings. The Labute approximate surface area is 175 Å². The lowest BCUT2D eigenvalue weighted by atomic mass is 10.1. The van der Waals surface area contributed by atoms with E-state index in [0.717, 1.165) is 17.1 Å². The molecule has 0 radical (unpaired) electrons. The van der Waals surface area contributed by atoms with Crippen LogP contribution in [-0.4, -0.2) is 38.4 Å². The van der Waals surface area contributed by atoms with E-state index in [1.54, 1.807) is 37.0 Å². The van der Waals surface area contributed by atoms with Crippen LogP contribution in [0.1, 0.15) is 34.6 Å². The fourth-order valence-electron chi connectivity index (χ4n) is 3.17. The van der Waals surface area contributed by atoms with Crippen LogP contribution < -0.4 is 9.46 Å². The van der Waals surface area contributed by atoms with Crippen molar-refractivity contribution in [3.63, 3.8) is 0 Å². The molecule has 2 aromatic carbocycles. The summed E-state index contributed by atoms with van der Waals surface area (Å²) in [5.74, 6) is 0.0151. The first kappa shape index (κ1) is 21.5. The van der Waals surface area contributed by atoms with Crippen LogP contribution in [0.15, 0.2) is 59.6 Å². The van der Waals surface area contributed by atoms with Crippen LogP contribution in [0.2, 0.25) is 0 Å². The molecule has 0 spiro atoms. The number of rotatable bonds is 7. The van der Waals surface area contributed by atoms with Gasteiger partial charge in [0.05, 0.1) is 36.6 Å². The van der Waals surface area contributed by atoms with Crippen molar-refractivity contribution < 1.29 is 22.7 Å². The number of aromatic nitrogens is 2. The molecule has 8 nitrogen and oxygen atoms in total. The molecule has 0 amide bonds. The zero-order valence-corrected chi connectivity index (χ0v) is 17.9. The third kappa shape index (κ3) is 4.22. The Morgan fingerprint density at radius 3 is 2.40 bits per heavy atom. The summed E-state index contributed by atoms with van der Waals surface area (Å²) in [6.07, 6.45) is 1.62. The van der Waals surface area contributed by atoms with Gasteiger partial charge in [-0.2, -0.15) is 5.10 Å². The maximum Gasteiger partial charge on any atom is 0.339 e. The summed E-state index contributed by atoms with van der Waals surface area (Å²) in [5, 5.41) is 4.39. The molecule has 3 rings (SSSR count). The Morgan fingerprint density at radius 2 is 1.77 bits per heavy atom. The third-order valence-electron chi connectivity index (χ3n) is 4.75. The highest BCUT2D eigenvalue weighted by atomic mass is 32.2. The highest BCUT2D eigenvalue weighted by Gasteiger charge is 2.26. The van der Waals surface area contributed by atoms with Crippen LogP contribution in [0, 0.1) is 6.92 Å². The number of hydrogen-bond acceptors (Lipinski definition) is 6. The molecule has 1 heterocycles. The summed E-state index contributed by atoms with van der Waals surface area (Å²) in [6.45, 7) is 3.58. The second kappa shape index (κ2) is 8.68. The molecule has 0 fully saturated rings. The molecule has 9 heteroatoms. The quantitative estimate of drug-likeness (QED) is 0.580. The van der Waals surface area contributed by atoms with E-state index >= 15 is 0 Å². The van der Waals surface area contributed by atoms with E-state index in [1.165, 1.54) is 19.2 Å².